The molecule has 10 heteroatoms. The summed E-state index contributed by atoms with van der Waals surface area (Å²) in [6.07, 6.45) is 2.45. The van der Waals surface area contributed by atoms with Crippen LogP contribution in [0, 0.1) is 8.99 Å². The standard InChI is InChI=1S/C20H25IN6O2S/c1-20(2,3)9-23-5-4-6-27-18-16(17(22)24-10-25-18)26-19(27)30-15-8-14-13(7-12(15)21)28-11-29-14/h7-8,10,23H,4-6,9,11H2,1-3H3,(H2,22,24,25). The van der Waals surface area contributed by atoms with Crippen LogP contribution in [0.1, 0.15) is 27.2 Å². The fraction of sp³-hybridized carbons (Fsp3) is 0.450. The van der Waals surface area contributed by atoms with Crippen LogP contribution in [-0.4, -0.2) is 39.4 Å². The molecule has 0 aliphatic carbocycles. The molecule has 0 saturated carbocycles. The van der Waals surface area contributed by atoms with Gasteiger partial charge >= 0.3 is 0 Å². The third kappa shape index (κ3) is 4.75. The van der Waals surface area contributed by atoms with Gasteiger partial charge in [0.25, 0.3) is 0 Å². The summed E-state index contributed by atoms with van der Waals surface area (Å²) >= 11 is 3.88. The van der Waals surface area contributed by atoms with E-state index in [1.807, 2.05) is 12.1 Å². The number of hydrogen-bond donors (Lipinski definition) is 2. The maximum absolute atomic E-state index is 6.07. The number of ether oxygens (including phenoxy) is 2. The quantitative estimate of drug-likeness (QED) is 0.344. The Morgan fingerprint density at radius 2 is 2.00 bits per heavy atom. The van der Waals surface area contributed by atoms with Crippen LogP contribution < -0.4 is 20.5 Å². The summed E-state index contributed by atoms with van der Waals surface area (Å²) in [5.74, 6) is 1.93. The molecule has 1 aliphatic rings. The first-order valence-electron chi connectivity index (χ1n) is 9.76. The molecule has 8 nitrogen and oxygen atoms in total. The molecule has 1 aromatic carbocycles. The summed E-state index contributed by atoms with van der Waals surface area (Å²) in [5, 5.41) is 4.36. The van der Waals surface area contributed by atoms with Crippen LogP contribution in [0.3, 0.4) is 0 Å². The minimum absolute atomic E-state index is 0.256. The molecule has 3 aromatic rings. The van der Waals surface area contributed by atoms with Crippen molar-refractivity contribution in [2.45, 2.75) is 43.8 Å². The van der Waals surface area contributed by atoms with Gasteiger partial charge in [0.15, 0.2) is 33.6 Å². The fourth-order valence-electron chi connectivity index (χ4n) is 3.11. The molecule has 3 N–H and O–H groups in total. The van der Waals surface area contributed by atoms with E-state index in [-0.39, 0.29) is 12.2 Å². The van der Waals surface area contributed by atoms with Gasteiger partial charge in [0, 0.05) is 15.0 Å². The van der Waals surface area contributed by atoms with E-state index in [2.05, 4.69) is 63.2 Å². The monoisotopic (exact) mass is 540 g/mol. The number of imidazole rings is 1. The zero-order valence-corrected chi connectivity index (χ0v) is 20.2. The number of nitrogens with zero attached hydrogens (tertiary/aromatic N) is 4. The third-order valence-corrected chi connectivity index (χ3v) is 6.85. The Hall–Kier alpha value is -1.79. The molecule has 0 saturated heterocycles. The van der Waals surface area contributed by atoms with Gasteiger partial charge in [0.1, 0.15) is 6.33 Å². The molecule has 0 atom stereocenters. The molecule has 4 rings (SSSR count). The zero-order valence-electron chi connectivity index (χ0n) is 17.2. The maximum Gasteiger partial charge on any atom is 0.231 e. The normalized spacial score (nSPS) is 13.3. The number of anilines is 1. The van der Waals surface area contributed by atoms with Crippen molar-refractivity contribution in [1.82, 2.24) is 24.8 Å². The summed E-state index contributed by atoms with van der Waals surface area (Å²) in [5.41, 5.74) is 7.74. The topological polar surface area (TPSA) is 100 Å². The summed E-state index contributed by atoms with van der Waals surface area (Å²) in [7, 11) is 0. The van der Waals surface area contributed by atoms with Crippen molar-refractivity contribution in [3.63, 3.8) is 0 Å². The molecule has 3 heterocycles. The van der Waals surface area contributed by atoms with Gasteiger partial charge in [-0.25, -0.2) is 15.0 Å². The second-order valence-electron chi connectivity index (χ2n) is 8.31. The molecular formula is C20H25IN6O2S. The number of rotatable bonds is 7. The predicted octanol–water partition coefficient (Wildman–Crippen LogP) is 3.92. The van der Waals surface area contributed by atoms with Crippen molar-refractivity contribution < 1.29 is 9.47 Å². The largest absolute Gasteiger partial charge is 0.454 e. The Kier molecular flexibility index (Phi) is 6.26. The van der Waals surface area contributed by atoms with Gasteiger partial charge in [-0.3, -0.25) is 0 Å². The van der Waals surface area contributed by atoms with Crippen LogP contribution >= 0.6 is 34.4 Å². The number of aryl methyl sites for hydroxylation is 1. The first kappa shape index (κ1) is 21.4. The van der Waals surface area contributed by atoms with E-state index in [1.54, 1.807) is 11.8 Å². The zero-order chi connectivity index (χ0) is 21.3. The SMILES string of the molecule is CC(C)(C)CNCCCn1c(Sc2cc3c(cc2I)OCO3)nc2c(N)ncnc21. The van der Waals surface area contributed by atoms with Gasteiger partial charge < -0.3 is 25.1 Å². The molecule has 0 unspecified atom stereocenters. The number of benzene rings is 1. The lowest BCUT2D eigenvalue weighted by Gasteiger charge is -2.18. The van der Waals surface area contributed by atoms with E-state index < -0.39 is 0 Å². The molecule has 0 amide bonds. The summed E-state index contributed by atoms with van der Waals surface area (Å²) < 4.78 is 14.2. The van der Waals surface area contributed by atoms with E-state index in [0.717, 1.165) is 56.8 Å². The van der Waals surface area contributed by atoms with Crippen molar-refractivity contribution in [2.24, 2.45) is 5.41 Å². The second-order valence-corrected chi connectivity index (χ2v) is 10.5. The van der Waals surface area contributed by atoms with Crippen molar-refractivity contribution >= 4 is 51.3 Å². The Morgan fingerprint density at radius 3 is 2.77 bits per heavy atom. The third-order valence-electron chi connectivity index (χ3n) is 4.54. The first-order valence-corrected chi connectivity index (χ1v) is 11.7. The van der Waals surface area contributed by atoms with Gasteiger partial charge in [-0.15, -0.1) is 0 Å². The second kappa shape index (κ2) is 8.75. The smallest absolute Gasteiger partial charge is 0.231 e. The molecule has 2 aromatic heterocycles. The first-order chi connectivity index (χ1) is 14.3. The number of aromatic nitrogens is 4. The van der Waals surface area contributed by atoms with Gasteiger partial charge in [-0.2, -0.15) is 0 Å². The van der Waals surface area contributed by atoms with Crippen molar-refractivity contribution in [3.8, 4) is 11.5 Å². The summed E-state index contributed by atoms with van der Waals surface area (Å²) in [6, 6.07) is 3.99. The van der Waals surface area contributed by atoms with Gasteiger partial charge in [-0.1, -0.05) is 32.5 Å². The van der Waals surface area contributed by atoms with E-state index in [9.17, 15) is 0 Å². The van der Waals surface area contributed by atoms with Crippen LogP contribution in [0.4, 0.5) is 5.82 Å². The Labute approximate surface area is 193 Å². The minimum Gasteiger partial charge on any atom is -0.454 e. The lowest BCUT2D eigenvalue weighted by molar-refractivity contribution is 0.174. The summed E-state index contributed by atoms with van der Waals surface area (Å²) in [4.78, 5) is 14.4. The van der Waals surface area contributed by atoms with Gasteiger partial charge in [0.05, 0.1) is 0 Å². The van der Waals surface area contributed by atoms with E-state index in [4.69, 9.17) is 20.2 Å². The number of fused-ring (bicyclic) bond motifs is 2. The molecule has 0 radical (unpaired) electrons. The lowest BCUT2D eigenvalue weighted by atomic mass is 9.97. The highest BCUT2D eigenvalue weighted by Gasteiger charge is 2.20. The van der Waals surface area contributed by atoms with E-state index in [1.165, 1.54) is 6.33 Å². The number of halogens is 1. The van der Waals surface area contributed by atoms with Crippen LogP contribution in [0.25, 0.3) is 11.2 Å². The highest BCUT2D eigenvalue weighted by molar-refractivity contribution is 14.1. The van der Waals surface area contributed by atoms with Crippen LogP contribution in [0.5, 0.6) is 11.5 Å². The molecule has 30 heavy (non-hydrogen) atoms. The predicted molar refractivity (Wildman–Crippen MR) is 126 cm³/mol. The molecule has 0 bridgehead atoms. The van der Waals surface area contributed by atoms with Crippen LogP contribution in [-0.2, 0) is 6.54 Å². The Morgan fingerprint density at radius 1 is 1.23 bits per heavy atom. The van der Waals surface area contributed by atoms with Crippen molar-refractivity contribution in [3.05, 3.63) is 22.0 Å². The van der Waals surface area contributed by atoms with Gasteiger partial charge in [-0.05, 0) is 59.6 Å². The van der Waals surface area contributed by atoms with Crippen molar-refractivity contribution in [1.29, 1.82) is 0 Å². The van der Waals surface area contributed by atoms with Crippen molar-refractivity contribution in [2.75, 3.05) is 25.6 Å². The van der Waals surface area contributed by atoms with Crippen LogP contribution in [0.2, 0.25) is 0 Å². The highest BCUT2D eigenvalue weighted by Crippen LogP contribution is 2.41. The highest BCUT2D eigenvalue weighted by atomic mass is 127. The van der Waals surface area contributed by atoms with E-state index in [0.29, 0.717) is 11.3 Å². The Bertz CT molecular complexity index is 1070. The number of nitrogen functional groups attached to an aromatic ring is 1. The van der Waals surface area contributed by atoms with Gasteiger partial charge in [0.2, 0.25) is 6.79 Å². The molecule has 160 valence electrons. The maximum atomic E-state index is 6.07. The average molecular weight is 540 g/mol. The number of hydrogen-bond acceptors (Lipinski definition) is 8. The van der Waals surface area contributed by atoms with E-state index >= 15 is 0 Å². The molecular weight excluding hydrogens is 515 g/mol. The summed E-state index contributed by atoms with van der Waals surface area (Å²) in [6.45, 7) is 9.62. The minimum atomic E-state index is 0.256. The number of nitrogens with two attached hydrogens (primary N) is 1. The fourth-order valence-corrected chi connectivity index (χ4v) is 4.83. The average Bonchev–Trinajstić information content (AvgIpc) is 3.26. The molecule has 0 spiro atoms. The van der Waals surface area contributed by atoms with Crippen LogP contribution in [0.15, 0.2) is 28.5 Å². The Balaban J connectivity index is 1.58. The number of nitrogens with one attached hydrogen (secondary N) is 1. The molecule has 1 aliphatic heterocycles. The lowest BCUT2D eigenvalue weighted by Crippen LogP contribution is -2.28. The molecule has 0 fully saturated rings.